The molecule has 1 aromatic carbocycles. The van der Waals surface area contributed by atoms with Crippen molar-refractivity contribution >= 4 is 12.0 Å². The van der Waals surface area contributed by atoms with Crippen LogP contribution in [0, 0.1) is 5.92 Å². The largest absolute Gasteiger partial charge is 0.464 e. The molecule has 34 heavy (non-hydrogen) atoms. The van der Waals surface area contributed by atoms with E-state index in [1.807, 2.05) is 0 Å². The van der Waals surface area contributed by atoms with Gasteiger partial charge in [0.15, 0.2) is 0 Å². The lowest BCUT2D eigenvalue weighted by atomic mass is 9.97. The maximum absolute atomic E-state index is 13.6. The second-order valence-electron chi connectivity index (χ2n) is 7.58. The number of ether oxygens (including phenoxy) is 1. The molecule has 186 valence electrons. The number of carbonyl (C=O) groups is 2. The number of halogens is 6. The summed E-state index contributed by atoms with van der Waals surface area (Å²) in [5.74, 6) is -1.16. The smallest absolute Gasteiger partial charge is 0.418 e. The van der Waals surface area contributed by atoms with E-state index in [1.54, 1.807) is 20.8 Å². The van der Waals surface area contributed by atoms with Crippen LogP contribution >= 0.6 is 0 Å². The molecule has 2 atom stereocenters. The molecule has 2 N–H and O–H groups in total. The van der Waals surface area contributed by atoms with Crippen molar-refractivity contribution in [2.45, 2.75) is 45.2 Å². The average molecular weight is 491 g/mol. The lowest BCUT2D eigenvalue weighted by Crippen LogP contribution is -2.50. The number of hydrogen-bond donors (Lipinski definition) is 2. The van der Waals surface area contributed by atoms with Gasteiger partial charge in [-0.1, -0.05) is 26.0 Å². The summed E-state index contributed by atoms with van der Waals surface area (Å²) in [5, 5.41) is 4.65. The van der Waals surface area contributed by atoms with Crippen LogP contribution in [-0.4, -0.2) is 29.6 Å². The molecule has 0 spiro atoms. The van der Waals surface area contributed by atoms with Gasteiger partial charge in [0.25, 0.3) is 0 Å². The third-order valence-corrected chi connectivity index (χ3v) is 4.76. The molecule has 12 heteroatoms. The molecule has 1 unspecified atom stereocenters. The molecule has 1 heterocycles. The Morgan fingerprint density at radius 3 is 2.09 bits per heavy atom. The van der Waals surface area contributed by atoms with Gasteiger partial charge in [-0.3, -0.25) is 4.98 Å². The minimum atomic E-state index is -4.85. The first-order valence-corrected chi connectivity index (χ1v) is 10.2. The molecule has 1 aromatic heterocycles. The normalized spacial score (nSPS) is 13.8. The number of hydrogen-bond acceptors (Lipinski definition) is 4. The van der Waals surface area contributed by atoms with E-state index >= 15 is 0 Å². The Labute approximate surface area is 191 Å². The van der Waals surface area contributed by atoms with Crippen molar-refractivity contribution in [3.05, 3.63) is 65.0 Å². The topological polar surface area (TPSA) is 80.3 Å². The predicted molar refractivity (Wildman–Crippen MR) is 109 cm³/mol. The molecular formula is C22H23F6N3O3. The third kappa shape index (κ3) is 6.84. The van der Waals surface area contributed by atoms with E-state index in [9.17, 15) is 35.9 Å². The van der Waals surface area contributed by atoms with Crippen LogP contribution in [-0.2, 0) is 21.9 Å². The highest BCUT2D eigenvalue weighted by Gasteiger charge is 2.38. The molecule has 2 aromatic rings. The molecule has 0 bridgehead atoms. The van der Waals surface area contributed by atoms with Gasteiger partial charge in [-0.2, -0.15) is 26.3 Å². The van der Waals surface area contributed by atoms with Gasteiger partial charge in [-0.25, -0.2) is 9.59 Å². The molecule has 2 amide bonds. The van der Waals surface area contributed by atoms with E-state index in [2.05, 4.69) is 15.6 Å². The molecule has 0 saturated heterocycles. The Kier molecular flexibility index (Phi) is 8.51. The van der Waals surface area contributed by atoms with E-state index in [0.29, 0.717) is 12.1 Å². The number of nitrogens with one attached hydrogen (secondary N) is 2. The molecule has 0 saturated carbocycles. The van der Waals surface area contributed by atoms with E-state index in [-0.39, 0.29) is 12.2 Å². The zero-order chi connectivity index (χ0) is 25.7. The molecule has 0 aliphatic rings. The van der Waals surface area contributed by atoms with Crippen LogP contribution < -0.4 is 10.6 Å². The highest BCUT2D eigenvalue weighted by Crippen LogP contribution is 2.36. The number of rotatable bonds is 7. The Bertz CT molecular complexity index is 991. The fraction of sp³-hybridized carbons (Fsp3) is 0.409. The Morgan fingerprint density at radius 1 is 0.971 bits per heavy atom. The first-order chi connectivity index (χ1) is 15.8. The van der Waals surface area contributed by atoms with Crippen molar-refractivity contribution in [2.24, 2.45) is 5.92 Å². The van der Waals surface area contributed by atoms with Crippen LogP contribution in [0.1, 0.15) is 49.2 Å². The monoisotopic (exact) mass is 491 g/mol. The van der Waals surface area contributed by atoms with Crippen LogP contribution in [0.4, 0.5) is 31.1 Å². The van der Waals surface area contributed by atoms with Crippen molar-refractivity contribution in [1.29, 1.82) is 0 Å². The van der Waals surface area contributed by atoms with Gasteiger partial charge in [0.05, 0.1) is 29.5 Å². The summed E-state index contributed by atoms with van der Waals surface area (Å²) >= 11 is 0. The van der Waals surface area contributed by atoms with E-state index < -0.39 is 59.2 Å². The van der Waals surface area contributed by atoms with E-state index in [0.717, 1.165) is 30.5 Å². The Balaban J connectivity index is 2.47. The van der Waals surface area contributed by atoms with Crippen molar-refractivity contribution < 1.29 is 40.7 Å². The fourth-order valence-electron chi connectivity index (χ4n) is 3.11. The molecule has 0 aliphatic carbocycles. The van der Waals surface area contributed by atoms with Crippen LogP contribution in [0.15, 0.2) is 42.6 Å². The van der Waals surface area contributed by atoms with Gasteiger partial charge in [-0.05, 0) is 42.7 Å². The van der Waals surface area contributed by atoms with Gasteiger partial charge in [-0.15, -0.1) is 0 Å². The summed E-state index contributed by atoms with van der Waals surface area (Å²) in [5.41, 5.74) is -2.89. The second kappa shape index (κ2) is 10.7. The fourth-order valence-corrected chi connectivity index (χ4v) is 3.11. The lowest BCUT2D eigenvalue weighted by Gasteiger charge is -2.25. The number of urea groups is 1. The van der Waals surface area contributed by atoms with Crippen LogP contribution in [0.5, 0.6) is 0 Å². The first-order valence-electron chi connectivity index (χ1n) is 10.2. The summed E-state index contributed by atoms with van der Waals surface area (Å²) < 4.78 is 84.6. The van der Waals surface area contributed by atoms with Gasteiger partial charge in [0.1, 0.15) is 6.04 Å². The van der Waals surface area contributed by atoms with Crippen LogP contribution in [0.25, 0.3) is 0 Å². The highest BCUT2D eigenvalue weighted by atomic mass is 19.4. The zero-order valence-electron chi connectivity index (χ0n) is 18.4. The van der Waals surface area contributed by atoms with Crippen molar-refractivity contribution in [1.82, 2.24) is 15.6 Å². The average Bonchev–Trinajstić information content (AvgIpc) is 2.74. The third-order valence-electron chi connectivity index (χ3n) is 4.76. The first kappa shape index (κ1) is 26.9. The Hall–Kier alpha value is -3.31. The van der Waals surface area contributed by atoms with Crippen LogP contribution in [0.2, 0.25) is 0 Å². The van der Waals surface area contributed by atoms with Crippen LogP contribution in [0.3, 0.4) is 0 Å². The molecule has 0 fully saturated rings. The minimum absolute atomic E-state index is 0.0441. The van der Waals surface area contributed by atoms with Gasteiger partial charge in [0, 0.05) is 6.20 Å². The summed E-state index contributed by atoms with van der Waals surface area (Å²) in [6.07, 6.45) is -8.45. The quantitative estimate of drug-likeness (QED) is 0.418. The number of amides is 2. The van der Waals surface area contributed by atoms with Gasteiger partial charge >= 0.3 is 24.4 Å². The minimum Gasteiger partial charge on any atom is -0.464 e. The molecule has 6 nitrogen and oxygen atoms in total. The SMILES string of the molecule is CCOC(=O)C(NC(=O)N[C@@H](c1ccc(C(F)(F)F)cc1)c1ncccc1C(F)(F)F)C(C)C. The Morgan fingerprint density at radius 2 is 1.59 bits per heavy atom. The summed E-state index contributed by atoms with van der Waals surface area (Å²) in [6.45, 7) is 4.85. The number of esters is 1. The summed E-state index contributed by atoms with van der Waals surface area (Å²) in [6, 6.07) is 1.35. The number of nitrogens with zero attached hydrogens (tertiary/aromatic N) is 1. The number of carbonyl (C=O) groups excluding carboxylic acids is 2. The highest BCUT2D eigenvalue weighted by molar-refractivity contribution is 5.84. The zero-order valence-corrected chi connectivity index (χ0v) is 18.4. The van der Waals surface area contributed by atoms with E-state index in [1.165, 1.54) is 0 Å². The number of pyridine rings is 1. The number of alkyl halides is 6. The van der Waals surface area contributed by atoms with E-state index in [4.69, 9.17) is 4.74 Å². The number of benzene rings is 1. The molecular weight excluding hydrogens is 468 g/mol. The molecule has 0 radical (unpaired) electrons. The second-order valence-corrected chi connectivity index (χ2v) is 7.58. The lowest BCUT2D eigenvalue weighted by molar-refractivity contribution is -0.146. The summed E-state index contributed by atoms with van der Waals surface area (Å²) in [7, 11) is 0. The van der Waals surface area contributed by atoms with Crippen molar-refractivity contribution in [2.75, 3.05) is 6.61 Å². The maximum atomic E-state index is 13.6. The predicted octanol–water partition coefficient (Wildman–Crippen LogP) is 5.10. The molecule has 2 rings (SSSR count). The van der Waals surface area contributed by atoms with Crippen molar-refractivity contribution in [3.63, 3.8) is 0 Å². The standard InChI is InChI=1S/C22H23F6N3O3/c1-4-34-19(32)16(12(2)3)30-20(33)31-17(13-7-9-14(10-8-13)21(23,24)25)18-15(22(26,27)28)6-5-11-29-18/h5-12,16-17H,4H2,1-3H3,(H2,30,31,33)/t16?,17-/m0/s1. The number of aromatic nitrogens is 1. The van der Waals surface area contributed by atoms with Crippen molar-refractivity contribution in [3.8, 4) is 0 Å². The van der Waals surface area contributed by atoms with Gasteiger partial charge < -0.3 is 15.4 Å². The summed E-state index contributed by atoms with van der Waals surface area (Å²) in [4.78, 5) is 28.6. The maximum Gasteiger partial charge on any atom is 0.418 e. The molecule has 0 aliphatic heterocycles. The van der Waals surface area contributed by atoms with Gasteiger partial charge in [0.2, 0.25) is 0 Å².